The first-order valence-electron chi connectivity index (χ1n) is 8.36. The first-order chi connectivity index (χ1) is 12.0. The van der Waals surface area contributed by atoms with Crippen LogP contribution in [0.5, 0.6) is 0 Å². The highest BCUT2D eigenvalue weighted by molar-refractivity contribution is 5.86. The molecule has 5 heteroatoms. The number of hydrogen-bond acceptors (Lipinski definition) is 2. The van der Waals surface area contributed by atoms with Crippen LogP contribution in [0.1, 0.15) is 16.7 Å². The summed E-state index contributed by atoms with van der Waals surface area (Å²) < 4.78 is 0. The minimum absolute atomic E-state index is 0.00421. The maximum absolute atomic E-state index is 11.8. The molecule has 0 bridgehead atoms. The second-order valence-corrected chi connectivity index (χ2v) is 6.13. The number of guanidine groups is 1. The molecular weight excluding hydrogens is 312 g/mol. The van der Waals surface area contributed by atoms with E-state index in [0.717, 1.165) is 5.56 Å². The Morgan fingerprint density at radius 1 is 0.960 bits per heavy atom. The maximum atomic E-state index is 11.8. The predicted molar refractivity (Wildman–Crippen MR) is 102 cm³/mol. The summed E-state index contributed by atoms with van der Waals surface area (Å²) in [6, 6.07) is 18.4. The normalized spacial score (nSPS) is 11.1. The Balaban J connectivity index is 1.99. The van der Waals surface area contributed by atoms with E-state index < -0.39 is 0 Å². The van der Waals surface area contributed by atoms with Gasteiger partial charge in [-0.25, -0.2) is 4.99 Å². The summed E-state index contributed by atoms with van der Waals surface area (Å²) in [5, 5.41) is 6.39. The Bertz CT molecular complexity index is 693. The first-order valence-corrected chi connectivity index (χ1v) is 8.36. The van der Waals surface area contributed by atoms with E-state index in [2.05, 4.69) is 46.8 Å². The maximum Gasteiger partial charge on any atom is 0.241 e. The third-order valence-electron chi connectivity index (χ3n) is 3.75. The zero-order chi connectivity index (χ0) is 18.1. The van der Waals surface area contributed by atoms with E-state index in [1.807, 2.05) is 30.3 Å². The molecule has 0 aliphatic rings. The van der Waals surface area contributed by atoms with Crippen molar-refractivity contribution in [3.05, 3.63) is 71.3 Å². The standard InChI is InChI=1S/C20H26N4O/c1-16-9-11-18(12-10-16)14-22-20(23-15-19(25)24(2)3)21-13-17-7-5-4-6-8-17/h4-12H,13-15H2,1-3H3,(H2,21,22,23). The molecule has 0 aliphatic carbocycles. The molecule has 0 aromatic heterocycles. The van der Waals surface area contributed by atoms with Crippen LogP contribution < -0.4 is 10.6 Å². The Morgan fingerprint density at radius 3 is 2.28 bits per heavy atom. The van der Waals surface area contributed by atoms with E-state index in [-0.39, 0.29) is 12.5 Å². The molecule has 1 amide bonds. The van der Waals surface area contributed by atoms with Gasteiger partial charge < -0.3 is 15.5 Å². The van der Waals surface area contributed by atoms with Crippen LogP contribution in [0, 0.1) is 6.92 Å². The van der Waals surface area contributed by atoms with E-state index in [1.54, 1.807) is 19.0 Å². The van der Waals surface area contributed by atoms with Crippen LogP contribution in [-0.2, 0) is 17.9 Å². The third kappa shape index (κ3) is 6.67. The quantitative estimate of drug-likeness (QED) is 0.628. The summed E-state index contributed by atoms with van der Waals surface area (Å²) >= 11 is 0. The van der Waals surface area contributed by atoms with Crippen LogP contribution in [-0.4, -0.2) is 37.4 Å². The van der Waals surface area contributed by atoms with Gasteiger partial charge in [0.05, 0.1) is 13.1 Å². The molecule has 2 aromatic carbocycles. The molecule has 0 spiro atoms. The zero-order valence-corrected chi connectivity index (χ0v) is 15.1. The van der Waals surface area contributed by atoms with Gasteiger partial charge >= 0.3 is 0 Å². The highest BCUT2D eigenvalue weighted by Gasteiger charge is 2.06. The highest BCUT2D eigenvalue weighted by atomic mass is 16.2. The van der Waals surface area contributed by atoms with Gasteiger partial charge in [-0.3, -0.25) is 4.79 Å². The van der Waals surface area contributed by atoms with Gasteiger partial charge in [0.2, 0.25) is 5.91 Å². The number of aryl methyl sites for hydroxylation is 1. The fourth-order valence-electron chi connectivity index (χ4n) is 2.14. The fraction of sp³-hybridized carbons (Fsp3) is 0.300. The van der Waals surface area contributed by atoms with E-state index in [9.17, 15) is 4.79 Å². The van der Waals surface area contributed by atoms with E-state index >= 15 is 0 Å². The number of nitrogens with zero attached hydrogens (tertiary/aromatic N) is 2. The molecule has 0 radical (unpaired) electrons. The summed E-state index contributed by atoms with van der Waals surface area (Å²) in [6.45, 7) is 3.48. The molecule has 2 aromatic rings. The number of carbonyl (C=O) groups is 1. The van der Waals surface area contributed by atoms with Crippen molar-refractivity contribution in [3.8, 4) is 0 Å². The summed E-state index contributed by atoms with van der Waals surface area (Å²) in [7, 11) is 3.48. The summed E-state index contributed by atoms with van der Waals surface area (Å²) in [5.41, 5.74) is 3.52. The first kappa shape index (κ1) is 18.5. The Labute approximate surface area is 149 Å². The van der Waals surface area contributed by atoms with Crippen molar-refractivity contribution in [2.45, 2.75) is 20.0 Å². The van der Waals surface area contributed by atoms with Crippen LogP contribution in [0.15, 0.2) is 59.6 Å². The molecule has 2 N–H and O–H groups in total. The van der Waals surface area contributed by atoms with Crippen LogP contribution in [0.3, 0.4) is 0 Å². The second-order valence-electron chi connectivity index (χ2n) is 6.13. The van der Waals surface area contributed by atoms with Gasteiger partial charge in [0, 0.05) is 20.6 Å². The zero-order valence-electron chi connectivity index (χ0n) is 15.1. The average Bonchev–Trinajstić information content (AvgIpc) is 2.63. The number of amides is 1. The van der Waals surface area contributed by atoms with Gasteiger partial charge in [-0.1, -0.05) is 60.2 Å². The number of carbonyl (C=O) groups excluding carboxylic acids is 1. The van der Waals surface area contributed by atoms with Crippen molar-refractivity contribution in [3.63, 3.8) is 0 Å². The summed E-state index contributed by atoms with van der Waals surface area (Å²) in [4.78, 5) is 18.0. The van der Waals surface area contributed by atoms with Crippen molar-refractivity contribution < 1.29 is 4.79 Å². The molecule has 2 rings (SSSR count). The average molecular weight is 338 g/mol. The molecule has 0 saturated heterocycles. The van der Waals surface area contributed by atoms with Crippen LogP contribution in [0.4, 0.5) is 0 Å². The van der Waals surface area contributed by atoms with E-state index in [0.29, 0.717) is 19.0 Å². The number of rotatable bonds is 6. The number of nitrogens with one attached hydrogen (secondary N) is 2. The van der Waals surface area contributed by atoms with Gasteiger partial charge in [0.25, 0.3) is 0 Å². The van der Waals surface area contributed by atoms with E-state index in [4.69, 9.17) is 0 Å². The lowest BCUT2D eigenvalue weighted by Gasteiger charge is -2.15. The van der Waals surface area contributed by atoms with Crippen LogP contribution in [0.25, 0.3) is 0 Å². The molecule has 0 fully saturated rings. The molecule has 0 heterocycles. The fourth-order valence-corrected chi connectivity index (χ4v) is 2.14. The highest BCUT2D eigenvalue weighted by Crippen LogP contribution is 2.03. The molecule has 5 nitrogen and oxygen atoms in total. The molecule has 0 aliphatic heterocycles. The molecular formula is C20H26N4O. The van der Waals surface area contributed by atoms with Crippen molar-refractivity contribution in [1.82, 2.24) is 15.5 Å². The molecule has 0 saturated carbocycles. The number of benzene rings is 2. The lowest BCUT2D eigenvalue weighted by atomic mass is 10.1. The minimum atomic E-state index is 0.00421. The van der Waals surface area contributed by atoms with Gasteiger partial charge in [-0.2, -0.15) is 0 Å². The Morgan fingerprint density at radius 2 is 1.64 bits per heavy atom. The van der Waals surface area contributed by atoms with Gasteiger partial charge in [0.1, 0.15) is 0 Å². The van der Waals surface area contributed by atoms with Crippen molar-refractivity contribution in [1.29, 1.82) is 0 Å². The van der Waals surface area contributed by atoms with Crippen molar-refractivity contribution in [2.75, 3.05) is 20.6 Å². The van der Waals surface area contributed by atoms with Gasteiger partial charge in [-0.05, 0) is 18.1 Å². The third-order valence-corrected chi connectivity index (χ3v) is 3.75. The van der Waals surface area contributed by atoms with Crippen molar-refractivity contribution in [2.24, 2.45) is 4.99 Å². The molecule has 0 unspecified atom stereocenters. The topological polar surface area (TPSA) is 56.7 Å². The second kappa shape index (κ2) is 9.47. The van der Waals surface area contributed by atoms with Crippen LogP contribution >= 0.6 is 0 Å². The number of likely N-dealkylation sites (N-methyl/N-ethyl adjacent to an activating group) is 1. The van der Waals surface area contributed by atoms with Crippen molar-refractivity contribution >= 4 is 11.9 Å². The summed E-state index contributed by atoms with van der Waals surface area (Å²) in [6.07, 6.45) is 0. The monoisotopic (exact) mass is 338 g/mol. The SMILES string of the molecule is Cc1ccc(CNC(=NCc2ccccc2)NCC(=O)N(C)C)cc1. The van der Waals surface area contributed by atoms with Gasteiger partial charge in [-0.15, -0.1) is 0 Å². The van der Waals surface area contributed by atoms with Crippen LogP contribution in [0.2, 0.25) is 0 Å². The minimum Gasteiger partial charge on any atom is -0.352 e. The van der Waals surface area contributed by atoms with Gasteiger partial charge in [0.15, 0.2) is 5.96 Å². The van der Waals surface area contributed by atoms with E-state index in [1.165, 1.54) is 11.1 Å². The molecule has 25 heavy (non-hydrogen) atoms. The lowest BCUT2D eigenvalue weighted by molar-refractivity contribution is -0.127. The lowest BCUT2D eigenvalue weighted by Crippen LogP contribution is -2.42. The Hall–Kier alpha value is -2.82. The molecule has 0 atom stereocenters. The number of hydrogen-bond donors (Lipinski definition) is 2. The summed E-state index contributed by atoms with van der Waals surface area (Å²) in [5.74, 6) is 0.629. The largest absolute Gasteiger partial charge is 0.352 e. The smallest absolute Gasteiger partial charge is 0.241 e. The number of aliphatic imine (C=N–C) groups is 1. The molecule has 132 valence electrons. The predicted octanol–water partition coefficient (Wildman–Crippen LogP) is 2.32. The Kier molecular flexibility index (Phi) is 7.01.